The molecule has 1 aromatic heterocycles. The Bertz CT molecular complexity index is 471. The number of rotatable bonds is 3. The summed E-state index contributed by atoms with van der Waals surface area (Å²) < 4.78 is 0. The molecule has 0 bridgehead atoms. The molecule has 1 aromatic carbocycles. The van der Waals surface area contributed by atoms with Crippen LogP contribution in [0.1, 0.15) is 21.7 Å². The predicted octanol–water partition coefficient (Wildman–Crippen LogP) is 2.79. The van der Waals surface area contributed by atoms with E-state index in [2.05, 4.69) is 47.6 Å². The van der Waals surface area contributed by atoms with E-state index >= 15 is 0 Å². The predicted molar refractivity (Wildman–Crippen MR) is 68.2 cm³/mol. The van der Waals surface area contributed by atoms with Gasteiger partial charge in [-0.2, -0.15) is 0 Å². The number of hydrogen-bond donors (Lipinski definition) is 1. The van der Waals surface area contributed by atoms with Gasteiger partial charge in [-0.05, 0) is 19.4 Å². The fraction of sp³-hybridized carbons (Fsp3) is 0.333. The van der Waals surface area contributed by atoms with E-state index in [-0.39, 0.29) is 0 Å². The van der Waals surface area contributed by atoms with Gasteiger partial charge >= 0.3 is 0 Å². The molecule has 3 nitrogen and oxygen atoms in total. The summed E-state index contributed by atoms with van der Waals surface area (Å²) in [4.78, 5) is 0. The number of aryl methyl sites for hydroxylation is 2. The van der Waals surface area contributed by atoms with Gasteiger partial charge in [-0.3, -0.25) is 0 Å². The van der Waals surface area contributed by atoms with Gasteiger partial charge in [0.05, 0.1) is 0 Å². The van der Waals surface area contributed by atoms with Crippen LogP contribution in [0.3, 0.4) is 0 Å². The van der Waals surface area contributed by atoms with E-state index in [0.29, 0.717) is 0 Å². The lowest BCUT2D eigenvalue weighted by molar-refractivity contribution is 1.00. The fourth-order valence-electron chi connectivity index (χ4n) is 1.77. The second kappa shape index (κ2) is 4.61. The van der Waals surface area contributed by atoms with Gasteiger partial charge in [0.25, 0.3) is 0 Å². The van der Waals surface area contributed by atoms with Crippen molar-refractivity contribution in [3.05, 3.63) is 39.9 Å². The summed E-state index contributed by atoms with van der Waals surface area (Å²) in [5, 5.41) is 13.1. The second-order valence-corrected chi connectivity index (χ2v) is 4.99. The summed E-state index contributed by atoms with van der Waals surface area (Å²) >= 11 is 1.61. The monoisotopic (exact) mass is 233 g/mol. The Labute approximate surface area is 99.5 Å². The lowest BCUT2D eigenvalue weighted by atomic mass is 10.1. The summed E-state index contributed by atoms with van der Waals surface area (Å²) in [6.07, 6.45) is 0.863. The van der Waals surface area contributed by atoms with E-state index < -0.39 is 0 Å². The number of aromatic nitrogens is 2. The summed E-state index contributed by atoms with van der Waals surface area (Å²) in [6.45, 7) is 4.24. The highest BCUT2D eigenvalue weighted by molar-refractivity contribution is 7.15. The smallest absolute Gasteiger partial charge is 0.205 e. The maximum absolute atomic E-state index is 4.15. The van der Waals surface area contributed by atoms with Crippen molar-refractivity contribution in [2.45, 2.75) is 20.3 Å². The molecular formula is C12H15N3S. The van der Waals surface area contributed by atoms with Gasteiger partial charge in [-0.1, -0.05) is 40.7 Å². The SMILES string of the molecule is CNc1nnc(Cc2cc(C)cc(C)c2)s1. The van der Waals surface area contributed by atoms with E-state index in [1.54, 1.807) is 11.3 Å². The first-order valence-corrected chi connectivity index (χ1v) is 6.06. The van der Waals surface area contributed by atoms with E-state index in [9.17, 15) is 0 Å². The fourth-order valence-corrected chi connectivity index (χ4v) is 2.50. The van der Waals surface area contributed by atoms with Crippen molar-refractivity contribution in [3.8, 4) is 0 Å². The average Bonchev–Trinajstić information content (AvgIpc) is 2.64. The third-order valence-electron chi connectivity index (χ3n) is 2.32. The number of anilines is 1. The molecule has 0 fully saturated rings. The van der Waals surface area contributed by atoms with Crippen LogP contribution in [0.2, 0.25) is 0 Å². The molecule has 16 heavy (non-hydrogen) atoms. The van der Waals surface area contributed by atoms with Crippen LogP contribution in [-0.4, -0.2) is 17.2 Å². The van der Waals surface area contributed by atoms with E-state index in [0.717, 1.165) is 16.6 Å². The van der Waals surface area contributed by atoms with Crippen LogP contribution in [0.15, 0.2) is 18.2 Å². The van der Waals surface area contributed by atoms with Gasteiger partial charge in [0.1, 0.15) is 5.01 Å². The number of nitrogens with zero attached hydrogens (tertiary/aromatic N) is 2. The summed E-state index contributed by atoms with van der Waals surface area (Å²) in [5.74, 6) is 0. The molecule has 1 N–H and O–H groups in total. The molecule has 4 heteroatoms. The number of nitrogens with one attached hydrogen (secondary N) is 1. The van der Waals surface area contributed by atoms with Gasteiger partial charge in [-0.15, -0.1) is 10.2 Å². The maximum Gasteiger partial charge on any atom is 0.205 e. The first kappa shape index (κ1) is 11.1. The van der Waals surface area contributed by atoms with Crippen molar-refractivity contribution in [2.75, 3.05) is 12.4 Å². The Hall–Kier alpha value is -1.42. The van der Waals surface area contributed by atoms with Gasteiger partial charge in [-0.25, -0.2) is 0 Å². The minimum absolute atomic E-state index is 0.863. The molecule has 0 atom stereocenters. The quantitative estimate of drug-likeness (QED) is 0.885. The molecule has 0 unspecified atom stereocenters. The van der Waals surface area contributed by atoms with E-state index in [1.165, 1.54) is 16.7 Å². The lowest BCUT2D eigenvalue weighted by Crippen LogP contribution is -1.89. The molecule has 0 saturated heterocycles. The Morgan fingerprint density at radius 1 is 1.12 bits per heavy atom. The molecule has 0 spiro atoms. The molecule has 2 rings (SSSR count). The molecule has 1 heterocycles. The topological polar surface area (TPSA) is 37.8 Å². The zero-order valence-corrected chi connectivity index (χ0v) is 10.6. The van der Waals surface area contributed by atoms with Gasteiger partial charge in [0.2, 0.25) is 5.13 Å². The maximum atomic E-state index is 4.15. The largest absolute Gasteiger partial charge is 0.363 e. The number of benzene rings is 1. The minimum Gasteiger partial charge on any atom is -0.363 e. The molecular weight excluding hydrogens is 218 g/mol. The zero-order valence-electron chi connectivity index (χ0n) is 9.74. The van der Waals surface area contributed by atoms with E-state index in [4.69, 9.17) is 0 Å². The van der Waals surface area contributed by atoms with Crippen LogP contribution in [0.5, 0.6) is 0 Å². The third-order valence-corrected chi connectivity index (χ3v) is 3.26. The molecule has 0 aliphatic rings. The first-order chi connectivity index (χ1) is 7.67. The summed E-state index contributed by atoms with van der Waals surface area (Å²) in [5.41, 5.74) is 3.90. The summed E-state index contributed by atoms with van der Waals surface area (Å²) in [6, 6.07) is 6.59. The van der Waals surface area contributed by atoms with Crippen molar-refractivity contribution in [3.63, 3.8) is 0 Å². The molecule has 0 aliphatic heterocycles. The van der Waals surface area contributed by atoms with Gasteiger partial charge in [0.15, 0.2) is 0 Å². The van der Waals surface area contributed by atoms with Crippen molar-refractivity contribution < 1.29 is 0 Å². The summed E-state index contributed by atoms with van der Waals surface area (Å²) in [7, 11) is 1.86. The third kappa shape index (κ3) is 2.58. The Kier molecular flexibility index (Phi) is 3.19. The highest BCUT2D eigenvalue weighted by atomic mass is 32.1. The van der Waals surface area contributed by atoms with Crippen molar-refractivity contribution >= 4 is 16.5 Å². The Balaban J connectivity index is 2.19. The van der Waals surface area contributed by atoms with Crippen LogP contribution >= 0.6 is 11.3 Å². The average molecular weight is 233 g/mol. The van der Waals surface area contributed by atoms with Gasteiger partial charge in [0, 0.05) is 13.5 Å². The Morgan fingerprint density at radius 2 is 1.81 bits per heavy atom. The molecule has 0 radical (unpaired) electrons. The number of hydrogen-bond acceptors (Lipinski definition) is 4. The molecule has 84 valence electrons. The molecule has 0 aliphatic carbocycles. The molecule has 0 saturated carbocycles. The van der Waals surface area contributed by atoms with Crippen LogP contribution in [-0.2, 0) is 6.42 Å². The van der Waals surface area contributed by atoms with Crippen molar-refractivity contribution in [1.82, 2.24) is 10.2 Å². The standard InChI is InChI=1S/C12H15N3S/c1-8-4-9(2)6-10(5-8)7-11-14-15-12(13-3)16-11/h4-6H,7H2,1-3H3,(H,13,15). The minimum atomic E-state index is 0.863. The normalized spacial score (nSPS) is 10.4. The Morgan fingerprint density at radius 3 is 2.38 bits per heavy atom. The van der Waals surface area contributed by atoms with Crippen LogP contribution < -0.4 is 5.32 Å². The molecule has 0 amide bonds. The zero-order chi connectivity index (χ0) is 11.5. The molecule has 2 aromatic rings. The van der Waals surface area contributed by atoms with Crippen LogP contribution in [0.25, 0.3) is 0 Å². The second-order valence-electron chi connectivity index (χ2n) is 3.92. The highest BCUT2D eigenvalue weighted by Gasteiger charge is 2.04. The van der Waals surface area contributed by atoms with E-state index in [1.807, 2.05) is 7.05 Å². The first-order valence-electron chi connectivity index (χ1n) is 5.24. The van der Waals surface area contributed by atoms with Crippen molar-refractivity contribution in [1.29, 1.82) is 0 Å². The van der Waals surface area contributed by atoms with Crippen LogP contribution in [0.4, 0.5) is 5.13 Å². The van der Waals surface area contributed by atoms with Gasteiger partial charge < -0.3 is 5.32 Å². The van der Waals surface area contributed by atoms with Crippen molar-refractivity contribution in [2.24, 2.45) is 0 Å². The lowest BCUT2D eigenvalue weighted by Gasteiger charge is -2.02. The van der Waals surface area contributed by atoms with Crippen LogP contribution in [0, 0.1) is 13.8 Å². The highest BCUT2D eigenvalue weighted by Crippen LogP contribution is 2.19.